The number of ether oxygens (including phenoxy) is 1. The van der Waals surface area contributed by atoms with Gasteiger partial charge >= 0.3 is 0 Å². The second-order valence-corrected chi connectivity index (χ2v) is 5.26. The Morgan fingerprint density at radius 3 is 3.10 bits per heavy atom. The van der Waals surface area contributed by atoms with Crippen molar-refractivity contribution < 1.29 is 9.53 Å². The van der Waals surface area contributed by atoms with E-state index >= 15 is 0 Å². The van der Waals surface area contributed by atoms with Crippen LogP contribution in [0.4, 0.5) is 0 Å². The Balaban J connectivity index is 1.72. The van der Waals surface area contributed by atoms with E-state index in [1.54, 1.807) is 0 Å². The van der Waals surface area contributed by atoms with Gasteiger partial charge < -0.3 is 10.1 Å². The third-order valence-electron chi connectivity index (χ3n) is 3.62. The predicted octanol–water partition coefficient (Wildman–Crippen LogP) is 2.57. The molecule has 1 fully saturated rings. The molecule has 1 aromatic rings. The summed E-state index contributed by atoms with van der Waals surface area (Å²) in [7, 11) is 0. The molecule has 2 unspecified atom stereocenters. The number of carbonyl (C=O) groups is 1. The lowest BCUT2D eigenvalue weighted by atomic mass is 10.1. The molecular formula is C16H20N2O2. The number of hydrogen-bond donors (Lipinski definition) is 1. The molecule has 1 aliphatic rings. The van der Waals surface area contributed by atoms with Crippen LogP contribution in [0.15, 0.2) is 24.3 Å². The van der Waals surface area contributed by atoms with Gasteiger partial charge in [0.2, 0.25) is 5.91 Å². The molecule has 0 heterocycles. The van der Waals surface area contributed by atoms with E-state index in [2.05, 4.69) is 11.4 Å². The fourth-order valence-corrected chi connectivity index (χ4v) is 2.53. The van der Waals surface area contributed by atoms with E-state index in [1.165, 1.54) is 0 Å². The molecule has 0 saturated heterocycles. The van der Waals surface area contributed by atoms with Gasteiger partial charge in [0.15, 0.2) is 0 Å². The molecule has 4 nitrogen and oxygen atoms in total. The molecule has 1 N–H and O–H groups in total. The zero-order valence-electron chi connectivity index (χ0n) is 11.8. The van der Waals surface area contributed by atoms with Crippen LogP contribution in [-0.2, 0) is 4.79 Å². The smallest absolute Gasteiger partial charge is 0.223 e. The highest BCUT2D eigenvalue weighted by molar-refractivity contribution is 5.76. The largest absolute Gasteiger partial charge is 0.493 e. The summed E-state index contributed by atoms with van der Waals surface area (Å²) in [5.74, 6) is 0.718. The van der Waals surface area contributed by atoms with Gasteiger partial charge in [-0.2, -0.15) is 5.26 Å². The molecular weight excluding hydrogens is 252 g/mol. The Kier molecular flexibility index (Phi) is 5.00. The SMILES string of the molecule is Cc1cccc(OCCC(=O)NC2CCCC2C#N)c1. The topological polar surface area (TPSA) is 62.1 Å². The van der Waals surface area contributed by atoms with Crippen molar-refractivity contribution in [2.24, 2.45) is 5.92 Å². The predicted molar refractivity (Wildman–Crippen MR) is 76.2 cm³/mol. The van der Waals surface area contributed by atoms with E-state index in [0.29, 0.717) is 13.0 Å². The highest BCUT2D eigenvalue weighted by atomic mass is 16.5. The van der Waals surface area contributed by atoms with Crippen molar-refractivity contribution in [1.29, 1.82) is 5.26 Å². The first-order valence-corrected chi connectivity index (χ1v) is 7.07. The van der Waals surface area contributed by atoms with Gasteiger partial charge in [-0.15, -0.1) is 0 Å². The van der Waals surface area contributed by atoms with Crippen LogP contribution in [-0.4, -0.2) is 18.6 Å². The van der Waals surface area contributed by atoms with Crippen LogP contribution in [0.5, 0.6) is 5.75 Å². The summed E-state index contributed by atoms with van der Waals surface area (Å²) in [5, 5.41) is 11.9. The van der Waals surface area contributed by atoms with Crippen LogP contribution >= 0.6 is 0 Å². The Morgan fingerprint density at radius 2 is 2.35 bits per heavy atom. The zero-order valence-corrected chi connectivity index (χ0v) is 11.8. The third kappa shape index (κ3) is 3.99. The molecule has 1 amide bonds. The number of aryl methyl sites for hydroxylation is 1. The quantitative estimate of drug-likeness (QED) is 0.896. The molecule has 0 spiro atoms. The first-order chi connectivity index (χ1) is 9.69. The van der Waals surface area contributed by atoms with Gasteiger partial charge in [-0.3, -0.25) is 4.79 Å². The van der Waals surface area contributed by atoms with Gasteiger partial charge in [-0.05, 0) is 43.9 Å². The Hall–Kier alpha value is -2.02. The summed E-state index contributed by atoms with van der Waals surface area (Å²) < 4.78 is 5.55. The molecule has 4 heteroatoms. The second kappa shape index (κ2) is 6.95. The van der Waals surface area contributed by atoms with E-state index in [1.807, 2.05) is 31.2 Å². The van der Waals surface area contributed by atoms with Gasteiger partial charge in [-0.25, -0.2) is 0 Å². The fraction of sp³-hybridized carbons (Fsp3) is 0.500. The fourth-order valence-electron chi connectivity index (χ4n) is 2.53. The maximum atomic E-state index is 11.8. The van der Waals surface area contributed by atoms with Gasteiger partial charge in [0.25, 0.3) is 0 Å². The number of rotatable bonds is 5. The first-order valence-electron chi connectivity index (χ1n) is 7.07. The second-order valence-electron chi connectivity index (χ2n) is 5.26. The Labute approximate surface area is 119 Å². The van der Waals surface area contributed by atoms with E-state index in [9.17, 15) is 4.79 Å². The van der Waals surface area contributed by atoms with Crippen molar-refractivity contribution in [1.82, 2.24) is 5.32 Å². The van der Waals surface area contributed by atoms with Crippen molar-refractivity contribution in [3.63, 3.8) is 0 Å². The number of nitrogens with one attached hydrogen (secondary N) is 1. The molecule has 0 aliphatic heterocycles. The van der Waals surface area contributed by atoms with Gasteiger partial charge in [-0.1, -0.05) is 12.1 Å². The summed E-state index contributed by atoms with van der Waals surface area (Å²) in [6.07, 6.45) is 3.13. The normalized spacial score (nSPS) is 21.2. The third-order valence-corrected chi connectivity index (χ3v) is 3.62. The minimum absolute atomic E-state index is 0.0199. The molecule has 1 aliphatic carbocycles. The molecule has 106 valence electrons. The van der Waals surface area contributed by atoms with Crippen molar-refractivity contribution in [3.8, 4) is 11.8 Å². The molecule has 0 aromatic heterocycles. The standard InChI is InChI=1S/C16H20N2O2/c1-12-4-2-6-14(10-12)20-9-8-16(19)18-15-7-3-5-13(15)11-17/h2,4,6,10,13,15H,3,5,7-9H2,1H3,(H,18,19). The van der Waals surface area contributed by atoms with Gasteiger partial charge in [0.05, 0.1) is 25.0 Å². The molecule has 20 heavy (non-hydrogen) atoms. The lowest BCUT2D eigenvalue weighted by Crippen LogP contribution is -2.37. The number of nitrogens with zero attached hydrogens (tertiary/aromatic N) is 1. The molecule has 0 bridgehead atoms. The van der Waals surface area contributed by atoms with E-state index in [-0.39, 0.29) is 17.9 Å². The molecule has 2 atom stereocenters. The highest BCUT2D eigenvalue weighted by Crippen LogP contribution is 2.24. The van der Waals surface area contributed by atoms with Crippen molar-refractivity contribution in [3.05, 3.63) is 29.8 Å². The average Bonchev–Trinajstić information content (AvgIpc) is 2.86. The van der Waals surface area contributed by atoms with Crippen molar-refractivity contribution in [2.45, 2.75) is 38.6 Å². The monoisotopic (exact) mass is 272 g/mol. The molecule has 1 saturated carbocycles. The number of carbonyl (C=O) groups excluding carboxylic acids is 1. The van der Waals surface area contributed by atoms with E-state index in [0.717, 1.165) is 30.6 Å². The van der Waals surface area contributed by atoms with Crippen LogP contribution in [0.3, 0.4) is 0 Å². The first kappa shape index (κ1) is 14.4. The van der Waals surface area contributed by atoms with E-state index in [4.69, 9.17) is 10.00 Å². The molecule has 1 aromatic carbocycles. The maximum absolute atomic E-state index is 11.8. The summed E-state index contributed by atoms with van der Waals surface area (Å²) in [4.78, 5) is 11.8. The van der Waals surface area contributed by atoms with Crippen LogP contribution in [0.1, 0.15) is 31.2 Å². The summed E-state index contributed by atoms with van der Waals surface area (Å²) in [5.41, 5.74) is 1.13. The Morgan fingerprint density at radius 1 is 1.50 bits per heavy atom. The number of benzene rings is 1. The highest BCUT2D eigenvalue weighted by Gasteiger charge is 2.28. The number of nitriles is 1. The number of amides is 1. The minimum Gasteiger partial charge on any atom is -0.493 e. The van der Waals surface area contributed by atoms with Crippen LogP contribution in [0, 0.1) is 24.2 Å². The van der Waals surface area contributed by atoms with Gasteiger partial charge in [0.1, 0.15) is 5.75 Å². The minimum atomic E-state index is -0.0372. The summed E-state index contributed by atoms with van der Waals surface area (Å²) in [6, 6.07) is 10.0. The van der Waals surface area contributed by atoms with Crippen molar-refractivity contribution in [2.75, 3.05) is 6.61 Å². The van der Waals surface area contributed by atoms with Crippen molar-refractivity contribution >= 4 is 5.91 Å². The lowest BCUT2D eigenvalue weighted by Gasteiger charge is -2.15. The Bertz CT molecular complexity index is 507. The van der Waals surface area contributed by atoms with E-state index < -0.39 is 0 Å². The molecule has 2 rings (SSSR count). The van der Waals surface area contributed by atoms with Crippen LogP contribution in [0.2, 0.25) is 0 Å². The van der Waals surface area contributed by atoms with Gasteiger partial charge in [0, 0.05) is 6.04 Å². The van der Waals surface area contributed by atoms with Crippen LogP contribution in [0.25, 0.3) is 0 Å². The maximum Gasteiger partial charge on any atom is 0.223 e. The molecule has 0 radical (unpaired) electrons. The average molecular weight is 272 g/mol. The summed E-state index contributed by atoms with van der Waals surface area (Å²) >= 11 is 0. The lowest BCUT2D eigenvalue weighted by molar-refractivity contribution is -0.122. The van der Waals surface area contributed by atoms with Crippen LogP contribution < -0.4 is 10.1 Å². The summed E-state index contributed by atoms with van der Waals surface area (Å²) in [6.45, 7) is 2.36. The zero-order chi connectivity index (χ0) is 14.4. The number of hydrogen-bond acceptors (Lipinski definition) is 3.